The maximum Gasteiger partial charge on any atom is 0.295 e. The highest BCUT2D eigenvalue weighted by atomic mass is 19.1. The summed E-state index contributed by atoms with van der Waals surface area (Å²) in [5.74, 6) is -1.12. The average molecular weight is 548 g/mol. The second-order valence-electron chi connectivity index (χ2n) is 10.2. The number of hydrogen-bond acceptors (Lipinski definition) is 6. The number of phenols is 1. The van der Waals surface area contributed by atoms with Crippen molar-refractivity contribution in [2.75, 3.05) is 19.8 Å². The summed E-state index contributed by atoms with van der Waals surface area (Å²) in [5, 5.41) is 21.7. The van der Waals surface area contributed by atoms with E-state index in [-0.39, 0.29) is 35.2 Å². The number of Topliss-reactive ketones (excluding diaryl/α,β-unsaturated/α-hetero) is 1. The highest BCUT2D eigenvalue weighted by Gasteiger charge is 2.46. The Bertz CT molecular complexity index is 1430. The monoisotopic (exact) mass is 547 g/mol. The van der Waals surface area contributed by atoms with Gasteiger partial charge in [-0.3, -0.25) is 9.59 Å². The van der Waals surface area contributed by atoms with Crippen LogP contribution in [0.2, 0.25) is 0 Å². The van der Waals surface area contributed by atoms with Crippen molar-refractivity contribution >= 4 is 17.4 Å². The Morgan fingerprint density at radius 2 is 1.73 bits per heavy atom. The second kappa shape index (κ2) is 12.2. The molecule has 210 valence electrons. The molecule has 1 fully saturated rings. The van der Waals surface area contributed by atoms with Gasteiger partial charge in [-0.25, -0.2) is 4.39 Å². The van der Waals surface area contributed by atoms with E-state index in [1.54, 1.807) is 49.4 Å². The Morgan fingerprint density at radius 3 is 2.38 bits per heavy atom. The third-order valence-electron chi connectivity index (χ3n) is 6.71. The number of aliphatic hydroxyl groups excluding tert-OH is 1. The molecule has 3 aromatic rings. The predicted molar refractivity (Wildman–Crippen MR) is 150 cm³/mol. The van der Waals surface area contributed by atoms with Gasteiger partial charge in [0, 0.05) is 12.1 Å². The summed E-state index contributed by atoms with van der Waals surface area (Å²) in [7, 11) is 0. The highest BCUT2D eigenvalue weighted by molar-refractivity contribution is 6.46. The molecule has 0 spiro atoms. The van der Waals surface area contributed by atoms with Crippen LogP contribution >= 0.6 is 0 Å². The summed E-state index contributed by atoms with van der Waals surface area (Å²) >= 11 is 0. The van der Waals surface area contributed by atoms with E-state index in [0.29, 0.717) is 42.4 Å². The van der Waals surface area contributed by atoms with Gasteiger partial charge < -0.3 is 24.6 Å². The number of benzene rings is 3. The third-order valence-corrected chi connectivity index (χ3v) is 6.71. The number of carbonyl (C=O) groups is 2. The van der Waals surface area contributed by atoms with Gasteiger partial charge in [0.2, 0.25) is 0 Å². The molecule has 2 N–H and O–H groups in total. The number of carbonyl (C=O) groups excluding carboxylic acids is 2. The molecule has 4 rings (SSSR count). The number of hydrogen-bond donors (Lipinski definition) is 2. The van der Waals surface area contributed by atoms with Crippen LogP contribution in [0.1, 0.15) is 49.1 Å². The number of ketones is 1. The van der Waals surface area contributed by atoms with E-state index in [1.807, 2.05) is 20.8 Å². The first-order valence-corrected chi connectivity index (χ1v) is 13.3. The molecule has 0 aliphatic carbocycles. The molecule has 1 aliphatic heterocycles. The number of aliphatic hydroxyl groups is 1. The minimum atomic E-state index is -0.933. The van der Waals surface area contributed by atoms with Crippen molar-refractivity contribution in [3.63, 3.8) is 0 Å². The van der Waals surface area contributed by atoms with Gasteiger partial charge in [0.05, 0.1) is 24.8 Å². The molecule has 1 aliphatic rings. The zero-order valence-electron chi connectivity index (χ0n) is 23.1. The number of ether oxygens (including phenoxy) is 2. The number of nitrogens with zero attached hydrogens (tertiary/aromatic N) is 1. The lowest BCUT2D eigenvalue weighted by molar-refractivity contribution is -0.139. The van der Waals surface area contributed by atoms with Crippen LogP contribution in [0.5, 0.6) is 17.2 Å². The Kier molecular flexibility index (Phi) is 8.77. The van der Waals surface area contributed by atoms with Crippen LogP contribution < -0.4 is 9.47 Å². The van der Waals surface area contributed by atoms with Gasteiger partial charge in [-0.05, 0) is 85.3 Å². The minimum Gasteiger partial charge on any atom is -0.507 e. The van der Waals surface area contributed by atoms with Gasteiger partial charge in [0.25, 0.3) is 11.7 Å². The molecule has 0 radical (unpaired) electrons. The maximum atomic E-state index is 13.4. The van der Waals surface area contributed by atoms with Crippen LogP contribution in [0.4, 0.5) is 4.39 Å². The predicted octanol–water partition coefficient (Wildman–Crippen LogP) is 5.94. The van der Waals surface area contributed by atoms with E-state index in [9.17, 15) is 24.2 Å². The lowest BCUT2D eigenvalue weighted by Gasteiger charge is -2.26. The fourth-order valence-electron chi connectivity index (χ4n) is 4.70. The molecular weight excluding hydrogens is 513 g/mol. The summed E-state index contributed by atoms with van der Waals surface area (Å²) < 4.78 is 24.8. The molecule has 1 atom stereocenters. The van der Waals surface area contributed by atoms with Crippen LogP contribution in [0.25, 0.3) is 5.76 Å². The summed E-state index contributed by atoms with van der Waals surface area (Å²) in [6.45, 7) is 8.69. The number of halogens is 1. The number of amides is 1. The van der Waals surface area contributed by atoms with Crippen molar-refractivity contribution in [3.8, 4) is 17.2 Å². The molecular formula is C32H34FNO6. The minimum absolute atomic E-state index is 0.0625. The van der Waals surface area contributed by atoms with Crippen molar-refractivity contribution in [3.05, 3.63) is 94.3 Å². The van der Waals surface area contributed by atoms with Crippen LogP contribution in [0, 0.1) is 18.7 Å². The molecule has 8 heteroatoms. The van der Waals surface area contributed by atoms with Crippen LogP contribution in [-0.4, -0.2) is 46.6 Å². The van der Waals surface area contributed by atoms with E-state index in [1.165, 1.54) is 23.1 Å². The van der Waals surface area contributed by atoms with Crippen molar-refractivity contribution in [1.29, 1.82) is 0 Å². The molecule has 0 aromatic heterocycles. The maximum absolute atomic E-state index is 13.4. The van der Waals surface area contributed by atoms with Gasteiger partial charge >= 0.3 is 0 Å². The number of aryl methyl sites for hydroxylation is 1. The first kappa shape index (κ1) is 28.7. The Labute approximate surface area is 233 Å². The van der Waals surface area contributed by atoms with Gasteiger partial charge in [-0.2, -0.15) is 0 Å². The number of aromatic hydroxyl groups is 1. The highest BCUT2D eigenvalue weighted by Crippen LogP contribution is 2.42. The molecule has 0 saturated carbocycles. The van der Waals surface area contributed by atoms with Crippen LogP contribution in [0.15, 0.2) is 66.2 Å². The SMILES string of the molecule is CCOc1cc(C2/C(=C(/O)c3ccc(OCC(C)C)c(C)c3)C(=O)C(=O)N2CCc2ccc(F)cc2)ccc1O. The molecule has 7 nitrogen and oxygen atoms in total. The van der Waals surface area contributed by atoms with Crippen molar-refractivity contribution in [2.24, 2.45) is 5.92 Å². The lowest BCUT2D eigenvalue weighted by Crippen LogP contribution is -2.31. The third kappa shape index (κ3) is 6.11. The Balaban J connectivity index is 1.78. The normalized spacial score (nSPS) is 16.6. The zero-order valence-corrected chi connectivity index (χ0v) is 23.1. The first-order valence-electron chi connectivity index (χ1n) is 13.3. The Morgan fingerprint density at radius 1 is 1.00 bits per heavy atom. The van der Waals surface area contributed by atoms with Crippen LogP contribution in [-0.2, 0) is 16.0 Å². The number of likely N-dealkylation sites (tertiary alicyclic amines) is 1. The van der Waals surface area contributed by atoms with E-state index >= 15 is 0 Å². The fraction of sp³-hybridized carbons (Fsp3) is 0.312. The second-order valence-corrected chi connectivity index (χ2v) is 10.2. The van der Waals surface area contributed by atoms with Crippen LogP contribution in [0.3, 0.4) is 0 Å². The molecule has 1 saturated heterocycles. The fourth-order valence-corrected chi connectivity index (χ4v) is 4.70. The van der Waals surface area contributed by atoms with E-state index in [4.69, 9.17) is 9.47 Å². The number of rotatable bonds is 10. The van der Waals surface area contributed by atoms with Crippen molar-refractivity contribution < 1.29 is 33.7 Å². The lowest BCUT2D eigenvalue weighted by atomic mass is 9.94. The molecule has 1 amide bonds. The van der Waals surface area contributed by atoms with E-state index in [2.05, 4.69) is 0 Å². The molecule has 1 heterocycles. The van der Waals surface area contributed by atoms with E-state index in [0.717, 1.165) is 11.1 Å². The Hall–Kier alpha value is -4.33. The van der Waals surface area contributed by atoms with Gasteiger partial charge in [-0.1, -0.05) is 32.0 Å². The summed E-state index contributed by atoms with van der Waals surface area (Å²) in [6, 6.07) is 14.7. The molecule has 0 bridgehead atoms. The quantitative estimate of drug-likeness (QED) is 0.185. The van der Waals surface area contributed by atoms with Crippen molar-refractivity contribution in [2.45, 2.75) is 40.2 Å². The zero-order chi connectivity index (χ0) is 29.0. The summed E-state index contributed by atoms with van der Waals surface area (Å²) in [5.41, 5.74) is 2.37. The average Bonchev–Trinajstić information content (AvgIpc) is 3.18. The largest absolute Gasteiger partial charge is 0.507 e. The molecule has 3 aromatic carbocycles. The standard InChI is InChI=1S/C32H34FNO6/c1-5-39-27-17-22(8-12-25(27)35)29-28(30(36)23-9-13-26(20(4)16-23)40-18-19(2)3)31(37)32(38)34(29)15-14-21-6-10-24(33)11-7-21/h6-13,16-17,19,29,35-36H,5,14-15,18H2,1-4H3/b30-28-. The van der Waals surface area contributed by atoms with Crippen molar-refractivity contribution in [1.82, 2.24) is 4.90 Å². The topological polar surface area (TPSA) is 96.3 Å². The van der Waals surface area contributed by atoms with Gasteiger partial charge in [0.1, 0.15) is 17.3 Å². The smallest absolute Gasteiger partial charge is 0.295 e. The number of phenolic OH excluding ortho intramolecular Hbond substituents is 1. The first-order chi connectivity index (χ1) is 19.1. The molecule has 40 heavy (non-hydrogen) atoms. The van der Waals surface area contributed by atoms with Gasteiger partial charge in [0.15, 0.2) is 11.5 Å². The molecule has 1 unspecified atom stereocenters. The van der Waals surface area contributed by atoms with Gasteiger partial charge in [-0.15, -0.1) is 0 Å². The summed E-state index contributed by atoms with van der Waals surface area (Å²) in [6.07, 6.45) is 0.362. The van der Waals surface area contributed by atoms with E-state index < -0.39 is 17.7 Å². The summed E-state index contributed by atoms with van der Waals surface area (Å²) in [4.78, 5) is 28.1.